The zero-order chi connectivity index (χ0) is 29.4. The Morgan fingerprint density at radius 2 is 1.49 bits per heavy atom. The predicted octanol–water partition coefficient (Wildman–Crippen LogP) is 4.36. The molecule has 0 unspecified atom stereocenters. The van der Waals surface area contributed by atoms with Crippen molar-refractivity contribution in [2.45, 2.75) is 18.0 Å². The molecule has 0 radical (unpaired) electrons. The van der Waals surface area contributed by atoms with Crippen molar-refractivity contribution in [1.82, 2.24) is 19.8 Å². The maximum absolute atomic E-state index is 13.3. The highest BCUT2D eigenvalue weighted by molar-refractivity contribution is 7.93. The Hall–Kier alpha value is -4.52. The van der Waals surface area contributed by atoms with Crippen LogP contribution in [-0.2, 0) is 16.2 Å². The molecule has 2 amide bonds. The molecule has 212 valence electrons. The summed E-state index contributed by atoms with van der Waals surface area (Å²) >= 11 is 0. The van der Waals surface area contributed by atoms with Gasteiger partial charge >= 0.3 is 6.18 Å². The second kappa shape index (κ2) is 10.8. The third-order valence-electron chi connectivity index (χ3n) is 6.77. The van der Waals surface area contributed by atoms with Gasteiger partial charge in [0.2, 0.25) is 0 Å². The number of nitrogens with one attached hydrogen (secondary N) is 1. The van der Waals surface area contributed by atoms with Crippen molar-refractivity contribution in [3.8, 4) is 0 Å². The van der Waals surface area contributed by atoms with Crippen LogP contribution in [-0.4, -0.2) is 66.2 Å². The van der Waals surface area contributed by atoms with Gasteiger partial charge in [-0.05, 0) is 55.0 Å². The maximum Gasteiger partial charge on any atom is 0.418 e. The summed E-state index contributed by atoms with van der Waals surface area (Å²) < 4.78 is 68.9. The van der Waals surface area contributed by atoms with Crippen molar-refractivity contribution < 1.29 is 31.2 Å². The van der Waals surface area contributed by atoms with Crippen molar-refractivity contribution in [1.29, 1.82) is 0 Å². The van der Waals surface area contributed by atoms with Gasteiger partial charge < -0.3 is 9.80 Å². The zero-order valence-electron chi connectivity index (χ0n) is 21.7. The molecule has 1 saturated heterocycles. The van der Waals surface area contributed by atoms with E-state index in [0.717, 1.165) is 18.3 Å². The normalized spacial score (nSPS) is 14.2. The van der Waals surface area contributed by atoms with E-state index in [2.05, 4.69) is 14.7 Å². The van der Waals surface area contributed by atoms with E-state index in [9.17, 15) is 31.2 Å². The summed E-state index contributed by atoms with van der Waals surface area (Å²) in [5.74, 6) is -1.19. The van der Waals surface area contributed by atoms with Crippen LogP contribution in [0.25, 0.3) is 10.9 Å². The molecule has 13 heteroatoms. The van der Waals surface area contributed by atoms with Gasteiger partial charge in [-0.1, -0.05) is 18.2 Å². The number of halogens is 3. The lowest BCUT2D eigenvalue weighted by Crippen LogP contribution is -2.51. The van der Waals surface area contributed by atoms with Gasteiger partial charge in [-0.15, -0.1) is 0 Å². The molecule has 9 nitrogen and oxygen atoms in total. The van der Waals surface area contributed by atoms with E-state index in [0.29, 0.717) is 27.7 Å². The lowest BCUT2D eigenvalue weighted by atomic mass is 10.1. The minimum Gasteiger partial charge on any atom is -0.335 e. The average molecular weight is 584 g/mol. The number of hydrogen-bond acceptors (Lipinski definition) is 6. The van der Waals surface area contributed by atoms with Crippen LogP contribution in [0.15, 0.2) is 78.0 Å². The summed E-state index contributed by atoms with van der Waals surface area (Å²) in [7, 11) is -3.99. The molecule has 4 aromatic rings. The summed E-state index contributed by atoms with van der Waals surface area (Å²) in [5.41, 5.74) is -0.334. The van der Waals surface area contributed by atoms with Crippen LogP contribution < -0.4 is 4.72 Å². The molecule has 1 aliphatic rings. The average Bonchev–Trinajstić information content (AvgIpc) is 2.96. The van der Waals surface area contributed by atoms with Gasteiger partial charge in [-0.25, -0.2) is 8.42 Å². The Morgan fingerprint density at radius 1 is 0.854 bits per heavy atom. The Kier molecular flexibility index (Phi) is 7.39. The molecule has 2 aromatic heterocycles. The molecular weight excluding hydrogens is 559 g/mol. The molecule has 1 N–H and O–H groups in total. The zero-order valence-corrected chi connectivity index (χ0v) is 22.5. The molecule has 41 heavy (non-hydrogen) atoms. The second-order valence-corrected chi connectivity index (χ2v) is 11.1. The van der Waals surface area contributed by atoms with Crippen LogP contribution in [0, 0.1) is 6.92 Å². The number of benzene rings is 2. The summed E-state index contributed by atoms with van der Waals surface area (Å²) in [5, 5.41) is 0.677. The minimum absolute atomic E-state index is 0.0237. The monoisotopic (exact) mass is 583 g/mol. The molecule has 0 bridgehead atoms. The van der Waals surface area contributed by atoms with Crippen LogP contribution in [0.2, 0.25) is 0 Å². The number of nitrogens with zero attached hydrogens (tertiary/aromatic N) is 4. The van der Waals surface area contributed by atoms with Gasteiger partial charge in [0.05, 0.1) is 16.8 Å². The van der Waals surface area contributed by atoms with Crippen LogP contribution in [0.5, 0.6) is 0 Å². The number of carbonyl (C=O) groups excluding carboxylic acids is 2. The fourth-order valence-electron chi connectivity index (χ4n) is 4.65. The molecular formula is C28H24F3N5O4S. The van der Waals surface area contributed by atoms with Crippen LogP contribution in [0.3, 0.4) is 0 Å². The molecule has 2 aromatic carbocycles. The van der Waals surface area contributed by atoms with E-state index < -0.39 is 33.4 Å². The fraction of sp³-hybridized carbons (Fsp3) is 0.214. The molecule has 0 saturated carbocycles. The SMILES string of the molecule is Cc1cc(C(=O)N2CCN(C(=O)c3ncccc3C(F)(F)F)CC2)ccc1NS(=O)(=O)c1cccc2cccnc12. The maximum atomic E-state index is 13.3. The number of para-hydroxylation sites is 1. The number of pyridine rings is 2. The number of fused-ring (bicyclic) bond motifs is 1. The highest BCUT2D eigenvalue weighted by atomic mass is 32.2. The first-order valence-corrected chi connectivity index (χ1v) is 14.0. The number of sulfonamides is 1. The number of carbonyl (C=O) groups is 2. The van der Waals surface area contributed by atoms with Gasteiger partial charge in [-0.3, -0.25) is 24.3 Å². The molecule has 1 fully saturated rings. The first-order valence-electron chi connectivity index (χ1n) is 12.5. The van der Waals surface area contributed by atoms with E-state index in [4.69, 9.17) is 0 Å². The highest BCUT2D eigenvalue weighted by Gasteiger charge is 2.37. The minimum atomic E-state index is -4.72. The predicted molar refractivity (Wildman–Crippen MR) is 145 cm³/mol. The lowest BCUT2D eigenvalue weighted by Gasteiger charge is -2.35. The topological polar surface area (TPSA) is 113 Å². The molecule has 3 heterocycles. The smallest absolute Gasteiger partial charge is 0.335 e. The number of aryl methyl sites for hydroxylation is 1. The van der Waals surface area contributed by atoms with Crippen molar-refractivity contribution in [2.24, 2.45) is 0 Å². The number of alkyl halides is 3. The highest BCUT2D eigenvalue weighted by Crippen LogP contribution is 2.32. The Morgan fingerprint density at radius 3 is 2.17 bits per heavy atom. The summed E-state index contributed by atoms with van der Waals surface area (Å²) in [6.45, 7) is 1.96. The standard InChI is InChI=1S/C28H24F3N5O4S/c1-18-17-20(9-10-22(18)34-41(39,40)23-8-2-5-19-6-3-11-32-24(19)23)26(37)35-13-15-36(16-14-35)27(38)25-21(28(29,30)31)7-4-12-33-25/h2-12,17,34H,13-16H2,1H3. The third-order valence-corrected chi connectivity index (χ3v) is 8.17. The van der Waals surface area contributed by atoms with E-state index in [-0.39, 0.29) is 37.0 Å². The molecule has 0 aliphatic carbocycles. The first kappa shape index (κ1) is 28.0. The summed E-state index contributed by atoms with van der Waals surface area (Å²) in [4.78, 5) is 36.6. The van der Waals surface area contributed by atoms with Crippen molar-refractivity contribution in [2.75, 3.05) is 30.9 Å². The number of hydrogen-bond donors (Lipinski definition) is 1. The van der Waals surface area contributed by atoms with Gasteiger partial charge in [0.15, 0.2) is 0 Å². The Labute approximate surface area is 233 Å². The van der Waals surface area contributed by atoms with Gasteiger partial charge in [0.25, 0.3) is 21.8 Å². The van der Waals surface area contributed by atoms with E-state index in [1.807, 2.05) is 0 Å². The van der Waals surface area contributed by atoms with Gasteiger partial charge in [0.1, 0.15) is 10.6 Å². The Balaban J connectivity index is 1.27. The molecule has 5 rings (SSSR count). The number of amides is 2. The van der Waals surface area contributed by atoms with E-state index >= 15 is 0 Å². The quantitative estimate of drug-likeness (QED) is 0.374. The van der Waals surface area contributed by atoms with E-state index in [1.54, 1.807) is 37.3 Å². The molecule has 0 atom stereocenters. The lowest BCUT2D eigenvalue weighted by molar-refractivity contribution is -0.138. The number of anilines is 1. The van der Waals surface area contributed by atoms with Crippen LogP contribution in [0.1, 0.15) is 32.0 Å². The van der Waals surface area contributed by atoms with Crippen molar-refractivity contribution in [3.63, 3.8) is 0 Å². The van der Waals surface area contributed by atoms with Crippen molar-refractivity contribution >= 4 is 38.4 Å². The van der Waals surface area contributed by atoms with Gasteiger partial charge in [-0.2, -0.15) is 13.2 Å². The summed E-state index contributed by atoms with van der Waals surface area (Å²) in [6, 6.07) is 14.8. The van der Waals surface area contributed by atoms with Crippen LogP contribution in [0.4, 0.5) is 18.9 Å². The molecule has 1 aliphatic heterocycles. The van der Waals surface area contributed by atoms with Gasteiger partial charge in [0, 0.05) is 49.5 Å². The largest absolute Gasteiger partial charge is 0.418 e. The number of rotatable bonds is 5. The summed E-state index contributed by atoms with van der Waals surface area (Å²) in [6.07, 6.45) is -2.07. The molecule has 0 spiro atoms. The van der Waals surface area contributed by atoms with Crippen molar-refractivity contribution in [3.05, 3.63) is 95.4 Å². The Bertz CT molecular complexity index is 1750. The second-order valence-electron chi connectivity index (χ2n) is 9.45. The van der Waals surface area contributed by atoms with E-state index in [1.165, 1.54) is 34.2 Å². The van der Waals surface area contributed by atoms with Crippen LogP contribution >= 0.6 is 0 Å². The first-order chi connectivity index (χ1) is 19.5. The third kappa shape index (κ3) is 5.71. The fourth-order valence-corrected chi connectivity index (χ4v) is 5.96. The number of aromatic nitrogens is 2. The number of piperazine rings is 1.